The van der Waals surface area contributed by atoms with E-state index in [0.29, 0.717) is 49.9 Å². The quantitative estimate of drug-likeness (QED) is 0.773. The number of carbonyl (C=O) groups excluding carboxylic acids is 2. The summed E-state index contributed by atoms with van der Waals surface area (Å²) in [4.78, 5) is 31.3. The first-order valence-electron chi connectivity index (χ1n) is 9.62. The van der Waals surface area contributed by atoms with Gasteiger partial charge in [0.1, 0.15) is 0 Å². The van der Waals surface area contributed by atoms with E-state index >= 15 is 0 Å². The number of hydrogen-bond acceptors (Lipinski definition) is 3. The molecule has 1 aliphatic heterocycles. The van der Waals surface area contributed by atoms with Gasteiger partial charge in [0, 0.05) is 49.0 Å². The molecule has 0 saturated carbocycles. The van der Waals surface area contributed by atoms with Crippen molar-refractivity contribution in [2.24, 2.45) is 0 Å². The maximum absolute atomic E-state index is 12.9. The topological polar surface area (TPSA) is 43.9 Å². The molecule has 0 radical (unpaired) electrons. The Morgan fingerprint density at radius 2 is 1.64 bits per heavy atom. The second-order valence-electron chi connectivity index (χ2n) is 7.00. The lowest BCUT2D eigenvalue weighted by molar-refractivity contribution is -0.120. The van der Waals surface area contributed by atoms with E-state index in [2.05, 4.69) is 4.90 Å². The summed E-state index contributed by atoms with van der Waals surface area (Å²) >= 11 is 5.89. The molecule has 0 aromatic heterocycles. The van der Waals surface area contributed by atoms with Gasteiger partial charge in [0.2, 0.25) is 5.91 Å². The zero-order valence-electron chi connectivity index (χ0n) is 16.4. The van der Waals surface area contributed by atoms with Gasteiger partial charge in [-0.1, -0.05) is 29.8 Å². The minimum absolute atomic E-state index is 0.0118. The van der Waals surface area contributed by atoms with Gasteiger partial charge in [0.25, 0.3) is 5.91 Å². The SMILES string of the molecule is CCN(C(=O)CN1CCN(C(=O)c2ccc(Cl)cc2)CC1)c1ccccc1C. The van der Waals surface area contributed by atoms with Gasteiger partial charge in [-0.05, 0) is 49.7 Å². The van der Waals surface area contributed by atoms with Gasteiger partial charge in [-0.15, -0.1) is 0 Å². The molecular formula is C22H26ClN3O2. The van der Waals surface area contributed by atoms with Crippen LogP contribution in [0.4, 0.5) is 5.69 Å². The monoisotopic (exact) mass is 399 g/mol. The van der Waals surface area contributed by atoms with Crippen molar-refractivity contribution >= 4 is 29.1 Å². The van der Waals surface area contributed by atoms with Crippen molar-refractivity contribution in [3.63, 3.8) is 0 Å². The van der Waals surface area contributed by atoms with Crippen LogP contribution in [0.25, 0.3) is 0 Å². The predicted molar refractivity (Wildman–Crippen MR) is 113 cm³/mol. The fourth-order valence-electron chi connectivity index (χ4n) is 3.51. The molecule has 3 rings (SSSR count). The van der Waals surface area contributed by atoms with Gasteiger partial charge in [-0.25, -0.2) is 0 Å². The largest absolute Gasteiger partial charge is 0.336 e. The molecule has 1 aliphatic rings. The van der Waals surface area contributed by atoms with Crippen LogP contribution < -0.4 is 4.90 Å². The molecule has 0 N–H and O–H groups in total. The average molecular weight is 400 g/mol. The van der Waals surface area contributed by atoms with Crippen LogP contribution in [0.2, 0.25) is 5.02 Å². The lowest BCUT2D eigenvalue weighted by Crippen LogP contribution is -2.51. The van der Waals surface area contributed by atoms with Gasteiger partial charge in [0.15, 0.2) is 0 Å². The number of hydrogen-bond donors (Lipinski definition) is 0. The maximum Gasteiger partial charge on any atom is 0.253 e. The molecule has 0 bridgehead atoms. The second kappa shape index (κ2) is 9.22. The summed E-state index contributed by atoms with van der Waals surface area (Å²) < 4.78 is 0. The molecule has 148 valence electrons. The summed E-state index contributed by atoms with van der Waals surface area (Å²) in [5, 5.41) is 0.619. The third-order valence-electron chi connectivity index (χ3n) is 5.13. The molecule has 0 spiro atoms. The number of amides is 2. The highest BCUT2D eigenvalue weighted by Crippen LogP contribution is 2.20. The first-order valence-corrected chi connectivity index (χ1v) is 10.0. The fraction of sp³-hybridized carbons (Fsp3) is 0.364. The van der Waals surface area contributed by atoms with E-state index < -0.39 is 0 Å². The molecule has 0 atom stereocenters. The third kappa shape index (κ3) is 4.72. The van der Waals surface area contributed by atoms with Crippen molar-refractivity contribution in [1.82, 2.24) is 9.80 Å². The minimum Gasteiger partial charge on any atom is -0.336 e. The Bertz CT molecular complexity index is 830. The van der Waals surface area contributed by atoms with Gasteiger partial charge in [-0.3, -0.25) is 14.5 Å². The summed E-state index contributed by atoms with van der Waals surface area (Å²) in [6.07, 6.45) is 0. The highest BCUT2D eigenvalue weighted by atomic mass is 35.5. The van der Waals surface area contributed by atoms with Crippen LogP contribution in [-0.4, -0.2) is 60.9 Å². The number of aryl methyl sites for hydroxylation is 1. The highest BCUT2D eigenvalue weighted by Gasteiger charge is 2.25. The molecule has 0 unspecified atom stereocenters. The molecule has 2 aromatic rings. The van der Waals surface area contributed by atoms with Crippen LogP contribution in [0.5, 0.6) is 0 Å². The van der Waals surface area contributed by atoms with Crippen LogP contribution >= 0.6 is 11.6 Å². The Hall–Kier alpha value is -2.37. The number of nitrogens with zero attached hydrogens (tertiary/aromatic N) is 3. The molecule has 5 nitrogen and oxygen atoms in total. The summed E-state index contributed by atoms with van der Waals surface area (Å²) in [5.74, 6) is 0.104. The summed E-state index contributed by atoms with van der Waals surface area (Å²) in [7, 11) is 0. The van der Waals surface area contributed by atoms with Crippen molar-refractivity contribution in [3.05, 3.63) is 64.7 Å². The number of piperazine rings is 1. The maximum atomic E-state index is 12.9. The number of halogens is 1. The average Bonchev–Trinajstić information content (AvgIpc) is 2.70. The van der Waals surface area contributed by atoms with E-state index in [9.17, 15) is 9.59 Å². The molecule has 2 amide bonds. The van der Waals surface area contributed by atoms with Gasteiger partial charge < -0.3 is 9.80 Å². The van der Waals surface area contributed by atoms with Crippen LogP contribution in [0.15, 0.2) is 48.5 Å². The van der Waals surface area contributed by atoms with Crippen LogP contribution in [0.3, 0.4) is 0 Å². The van der Waals surface area contributed by atoms with Gasteiger partial charge >= 0.3 is 0 Å². The molecule has 1 fully saturated rings. The number of benzene rings is 2. The van der Waals surface area contributed by atoms with Crippen LogP contribution in [0, 0.1) is 6.92 Å². The lowest BCUT2D eigenvalue weighted by atomic mass is 10.1. The van der Waals surface area contributed by atoms with E-state index in [1.165, 1.54) is 0 Å². The zero-order chi connectivity index (χ0) is 20.1. The predicted octanol–water partition coefficient (Wildman–Crippen LogP) is 3.46. The number of anilines is 1. The highest BCUT2D eigenvalue weighted by molar-refractivity contribution is 6.30. The lowest BCUT2D eigenvalue weighted by Gasteiger charge is -2.35. The standard InChI is InChI=1S/C22H26ClN3O2/c1-3-26(20-7-5-4-6-17(20)2)21(27)16-24-12-14-25(15-13-24)22(28)18-8-10-19(23)11-9-18/h4-11H,3,12-16H2,1-2H3. The fourth-order valence-corrected chi connectivity index (χ4v) is 3.63. The smallest absolute Gasteiger partial charge is 0.253 e. The summed E-state index contributed by atoms with van der Waals surface area (Å²) in [6, 6.07) is 14.9. The van der Waals surface area contributed by atoms with Crippen molar-refractivity contribution in [3.8, 4) is 0 Å². The molecule has 0 aliphatic carbocycles. The first-order chi connectivity index (χ1) is 13.5. The second-order valence-corrected chi connectivity index (χ2v) is 7.44. The Balaban J connectivity index is 1.56. The number of para-hydroxylation sites is 1. The van der Waals surface area contributed by atoms with E-state index in [0.717, 1.165) is 11.3 Å². The Kier molecular flexibility index (Phi) is 6.70. The first kappa shape index (κ1) is 20.4. The summed E-state index contributed by atoms with van der Waals surface area (Å²) in [5.41, 5.74) is 2.70. The van der Waals surface area contributed by atoms with Gasteiger partial charge in [-0.2, -0.15) is 0 Å². The van der Waals surface area contributed by atoms with Crippen LogP contribution in [-0.2, 0) is 4.79 Å². The zero-order valence-corrected chi connectivity index (χ0v) is 17.2. The number of rotatable bonds is 5. The van der Waals surface area contributed by atoms with Gasteiger partial charge in [0.05, 0.1) is 6.54 Å². The molecule has 1 heterocycles. The Morgan fingerprint density at radius 1 is 1.00 bits per heavy atom. The van der Waals surface area contributed by atoms with Crippen molar-refractivity contribution in [2.45, 2.75) is 13.8 Å². The number of carbonyl (C=O) groups is 2. The van der Waals surface area contributed by atoms with Crippen LogP contribution in [0.1, 0.15) is 22.8 Å². The molecule has 2 aromatic carbocycles. The van der Waals surface area contributed by atoms with E-state index in [4.69, 9.17) is 11.6 Å². The Morgan fingerprint density at radius 3 is 2.25 bits per heavy atom. The number of likely N-dealkylation sites (N-methyl/N-ethyl adjacent to an activating group) is 1. The van der Waals surface area contributed by atoms with E-state index in [-0.39, 0.29) is 11.8 Å². The molecule has 6 heteroatoms. The minimum atomic E-state index is 0.0118. The van der Waals surface area contributed by atoms with Crippen molar-refractivity contribution in [1.29, 1.82) is 0 Å². The molecular weight excluding hydrogens is 374 g/mol. The molecule has 28 heavy (non-hydrogen) atoms. The normalized spacial score (nSPS) is 14.8. The van der Waals surface area contributed by atoms with E-state index in [1.54, 1.807) is 24.3 Å². The van der Waals surface area contributed by atoms with Crippen molar-refractivity contribution < 1.29 is 9.59 Å². The van der Waals surface area contributed by atoms with Crippen molar-refractivity contribution in [2.75, 3.05) is 44.2 Å². The Labute approximate surface area is 171 Å². The van der Waals surface area contributed by atoms with E-state index in [1.807, 2.05) is 47.9 Å². The third-order valence-corrected chi connectivity index (χ3v) is 5.39. The molecule has 1 saturated heterocycles. The summed E-state index contributed by atoms with van der Waals surface area (Å²) in [6.45, 7) is 7.63.